The van der Waals surface area contributed by atoms with Crippen LogP contribution < -0.4 is 10.9 Å². The normalized spacial score (nSPS) is 13.8. The lowest BCUT2D eigenvalue weighted by molar-refractivity contribution is 0.0955. The molecule has 170 valence electrons. The molecular formula is C25H32N4O2S. The Balaban J connectivity index is 1.39. The van der Waals surface area contributed by atoms with Gasteiger partial charge in [-0.2, -0.15) is 0 Å². The molecule has 0 saturated carbocycles. The first kappa shape index (κ1) is 22.7. The third-order valence-electron chi connectivity index (χ3n) is 6.25. The Kier molecular flexibility index (Phi) is 7.37. The van der Waals surface area contributed by atoms with Gasteiger partial charge in [-0.1, -0.05) is 43.7 Å². The van der Waals surface area contributed by atoms with E-state index in [9.17, 15) is 9.59 Å². The molecule has 1 aliphatic heterocycles. The van der Waals surface area contributed by atoms with E-state index >= 15 is 0 Å². The molecule has 1 aliphatic rings. The molecule has 0 fully saturated rings. The number of fused-ring (bicyclic) bond motifs is 2. The zero-order chi connectivity index (χ0) is 22.5. The number of carbonyl (C=O) groups is 1. The fraction of sp³-hybridized carbons (Fsp3) is 0.480. The molecule has 4 rings (SSSR count). The second-order valence-corrected chi connectivity index (χ2v) is 9.49. The molecule has 0 aliphatic carbocycles. The van der Waals surface area contributed by atoms with Crippen molar-refractivity contribution in [2.24, 2.45) is 0 Å². The molecule has 32 heavy (non-hydrogen) atoms. The summed E-state index contributed by atoms with van der Waals surface area (Å²) in [5, 5.41) is 3.67. The van der Waals surface area contributed by atoms with E-state index < -0.39 is 0 Å². The summed E-state index contributed by atoms with van der Waals surface area (Å²) in [5.41, 5.74) is 2.08. The van der Waals surface area contributed by atoms with E-state index in [-0.39, 0.29) is 11.5 Å². The van der Waals surface area contributed by atoms with E-state index in [1.165, 1.54) is 16.9 Å². The van der Waals surface area contributed by atoms with Gasteiger partial charge >= 0.3 is 0 Å². The number of nitrogens with one attached hydrogen (secondary N) is 1. The van der Waals surface area contributed by atoms with Crippen LogP contribution in [0.3, 0.4) is 0 Å². The molecule has 0 unspecified atom stereocenters. The Bertz CT molecular complexity index is 1140. The number of hydrogen-bond acceptors (Lipinski definition) is 5. The molecule has 0 radical (unpaired) electrons. The second-order valence-electron chi connectivity index (χ2n) is 8.50. The Morgan fingerprint density at radius 1 is 1.22 bits per heavy atom. The van der Waals surface area contributed by atoms with Gasteiger partial charge in [-0.05, 0) is 43.9 Å². The lowest BCUT2D eigenvalue weighted by atomic mass is 10.2. The highest BCUT2D eigenvalue weighted by Gasteiger charge is 2.22. The minimum atomic E-state index is -0.101. The van der Waals surface area contributed by atoms with E-state index in [0.29, 0.717) is 21.6 Å². The average Bonchev–Trinajstić information content (AvgIpc) is 2.97. The highest BCUT2D eigenvalue weighted by molar-refractivity contribution is 7.20. The van der Waals surface area contributed by atoms with Crippen LogP contribution in [0.4, 0.5) is 0 Å². The summed E-state index contributed by atoms with van der Waals surface area (Å²) < 4.78 is 1.82. The van der Waals surface area contributed by atoms with Crippen molar-refractivity contribution in [1.29, 1.82) is 0 Å². The summed E-state index contributed by atoms with van der Waals surface area (Å²) >= 11 is 1.35. The molecule has 0 saturated heterocycles. The van der Waals surface area contributed by atoms with E-state index in [2.05, 4.69) is 41.4 Å². The summed E-state index contributed by atoms with van der Waals surface area (Å²) in [6.07, 6.45) is 4.92. The van der Waals surface area contributed by atoms with Crippen LogP contribution in [0.15, 0.2) is 35.1 Å². The zero-order valence-corrected chi connectivity index (χ0v) is 19.8. The maximum absolute atomic E-state index is 13.1. The molecule has 0 spiro atoms. The SMILES string of the molecule is CCN(CCCNC(=O)c1sc2nc3n(c(=O)c2c1C)CCCCC3)Cc1ccccc1. The number of carbonyl (C=O) groups excluding carboxylic acids is 1. The number of benzene rings is 1. The molecule has 3 heterocycles. The molecule has 0 bridgehead atoms. The molecule has 1 amide bonds. The summed E-state index contributed by atoms with van der Waals surface area (Å²) in [5.74, 6) is 0.766. The standard InChI is InChI=1S/C25H32N4O2S/c1-3-28(17-19-11-6-4-7-12-19)15-10-14-26-23(30)22-18(2)21-24(32-22)27-20-13-8-5-9-16-29(20)25(21)31/h4,6-7,11-12H,3,5,8-10,13-17H2,1-2H3,(H,26,30). The quantitative estimate of drug-likeness (QED) is 0.522. The van der Waals surface area contributed by atoms with Crippen molar-refractivity contribution in [2.45, 2.75) is 59.0 Å². The largest absolute Gasteiger partial charge is 0.351 e. The molecule has 1 N–H and O–H groups in total. The third kappa shape index (κ3) is 4.94. The molecule has 7 heteroatoms. The molecule has 0 atom stereocenters. The first-order chi connectivity index (χ1) is 15.6. The Morgan fingerprint density at radius 2 is 2.03 bits per heavy atom. The van der Waals surface area contributed by atoms with Crippen LogP contribution in [0, 0.1) is 6.92 Å². The summed E-state index contributed by atoms with van der Waals surface area (Å²) in [7, 11) is 0. The smallest absolute Gasteiger partial charge is 0.262 e. The molecule has 3 aromatic rings. The van der Waals surface area contributed by atoms with Crippen LogP contribution in [0.25, 0.3) is 10.2 Å². The second kappa shape index (κ2) is 10.4. The fourth-order valence-electron chi connectivity index (χ4n) is 4.40. The first-order valence-electron chi connectivity index (χ1n) is 11.7. The summed E-state index contributed by atoms with van der Waals surface area (Å²) in [4.78, 5) is 34.4. The van der Waals surface area contributed by atoms with Crippen molar-refractivity contribution in [3.63, 3.8) is 0 Å². The zero-order valence-electron chi connectivity index (χ0n) is 19.0. The van der Waals surface area contributed by atoms with Gasteiger partial charge in [0.2, 0.25) is 0 Å². The lowest BCUT2D eigenvalue weighted by Crippen LogP contribution is -2.29. The van der Waals surface area contributed by atoms with Crippen LogP contribution in [-0.2, 0) is 19.5 Å². The van der Waals surface area contributed by atoms with Gasteiger partial charge in [0.05, 0.1) is 10.3 Å². The van der Waals surface area contributed by atoms with Crippen LogP contribution in [0.1, 0.15) is 59.2 Å². The summed E-state index contributed by atoms with van der Waals surface area (Å²) in [6.45, 7) is 8.19. The van der Waals surface area contributed by atoms with E-state index in [1.54, 1.807) is 0 Å². The minimum Gasteiger partial charge on any atom is -0.351 e. The number of thiophene rings is 1. The Hall–Kier alpha value is -2.51. The molecule has 2 aromatic heterocycles. The van der Waals surface area contributed by atoms with Gasteiger partial charge in [0.25, 0.3) is 11.5 Å². The molecular weight excluding hydrogens is 420 g/mol. The highest BCUT2D eigenvalue weighted by Crippen LogP contribution is 2.28. The minimum absolute atomic E-state index is 0.0131. The highest BCUT2D eigenvalue weighted by atomic mass is 32.1. The van der Waals surface area contributed by atoms with Gasteiger partial charge in [-0.25, -0.2) is 4.98 Å². The Morgan fingerprint density at radius 3 is 2.81 bits per heavy atom. The van der Waals surface area contributed by atoms with Gasteiger partial charge in [0, 0.05) is 32.6 Å². The van der Waals surface area contributed by atoms with E-state index in [1.807, 2.05) is 17.6 Å². The topological polar surface area (TPSA) is 67.2 Å². The predicted molar refractivity (Wildman–Crippen MR) is 131 cm³/mol. The number of amides is 1. The van der Waals surface area contributed by atoms with Crippen molar-refractivity contribution in [3.8, 4) is 0 Å². The number of aryl methyl sites for hydroxylation is 2. The monoisotopic (exact) mass is 452 g/mol. The fourth-order valence-corrected chi connectivity index (χ4v) is 5.51. The average molecular weight is 453 g/mol. The van der Waals surface area contributed by atoms with Gasteiger partial charge in [-0.15, -0.1) is 11.3 Å². The van der Waals surface area contributed by atoms with Gasteiger partial charge in [-0.3, -0.25) is 19.1 Å². The van der Waals surface area contributed by atoms with Gasteiger partial charge in [0.1, 0.15) is 10.7 Å². The van der Waals surface area contributed by atoms with E-state index in [0.717, 1.165) is 69.7 Å². The third-order valence-corrected chi connectivity index (χ3v) is 7.44. The first-order valence-corrected chi connectivity index (χ1v) is 12.5. The number of aromatic nitrogens is 2. The van der Waals surface area contributed by atoms with Crippen LogP contribution in [0.5, 0.6) is 0 Å². The van der Waals surface area contributed by atoms with Crippen molar-refractivity contribution in [1.82, 2.24) is 19.8 Å². The van der Waals surface area contributed by atoms with Crippen LogP contribution in [-0.4, -0.2) is 40.0 Å². The maximum atomic E-state index is 13.1. The number of nitrogens with zero attached hydrogens (tertiary/aromatic N) is 3. The number of hydrogen-bond donors (Lipinski definition) is 1. The summed E-state index contributed by atoms with van der Waals surface area (Å²) in [6, 6.07) is 10.5. The Labute approximate surface area is 193 Å². The maximum Gasteiger partial charge on any atom is 0.262 e. The predicted octanol–water partition coefficient (Wildman–Crippen LogP) is 4.13. The van der Waals surface area contributed by atoms with Crippen molar-refractivity contribution in [3.05, 3.63) is 62.5 Å². The molecule has 1 aromatic carbocycles. The van der Waals surface area contributed by atoms with Crippen molar-refractivity contribution in [2.75, 3.05) is 19.6 Å². The van der Waals surface area contributed by atoms with E-state index in [4.69, 9.17) is 4.98 Å². The van der Waals surface area contributed by atoms with Gasteiger partial charge in [0.15, 0.2) is 0 Å². The van der Waals surface area contributed by atoms with Crippen molar-refractivity contribution >= 4 is 27.5 Å². The molecule has 6 nitrogen and oxygen atoms in total. The van der Waals surface area contributed by atoms with Crippen LogP contribution in [0.2, 0.25) is 0 Å². The van der Waals surface area contributed by atoms with Crippen LogP contribution >= 0.6 is 11.3 Å². The van der Waals surface area contributed by atoms with Crippen molar-refractivity contribution < 1.29 is 4.79 Å². The number of rotatable bonds is 8. The lowest BCUT2D eigenvalue weighted by Gasteiger charge is -2.20. The van der Waals surface area contributed by atoms with Gasteiger partial charge < -0.3 is 5.32 Å².